The molecule has 0 aliphatic carbocycles. The maximum Gasteiger partial charge on any atom is 0.254 e. The van der Waals surface area contributed by atoms with Crippen LogP contribution in [0.2, 0.25) is 0 Å². The molecule has 2 aliphatic rings. The average molecular weight is 292 g/mol. The van der Waals surface area contributed by atoms with E-state index in [0.29, 0.717) is 0 Å². The number of carbonyl (C=O) groups excluding carboxylic acids is 2. The number of hydrogen-bond donors (Lipinski definition) is 0. The summed E-state index contributed by atoms with van der Waals surface area (Å²) in [5.41, 5.74) is 3.47. The summed E-state index contributed by atoms with van der Waals surface area (Å²) in [6, 6.07) is 15.1. The highest BCUT2D eigenvalue weighted by Gasteiger charge is 2.46. The Labute approximate surface area is 129 Å². The Kier molecular flexibility index (Phi) is 2.64. The van der Waals surface area contributed by atoms with Gasteiger partial charge in [-0.15, -0.1) is 0 Å². The van der Waals surface area contributed by atoms with E-state index in [-0.39, 0.29) is 23.9 Å². The highest BCUT2D eigenvalue weighted by molar-refractivity contribution is 6.01. The second kappa shape index (κ2) is 4.44. The molecule has 4 nitrogen and oxygen atoms in total. The van der Waals surface area contributed by atoms with Crippen molar-refractivity contribution in [2.75, 3.05) is 14.1 Å². The third-order valence-corrected chi connectivity index (χ3v) is 4.79. The summed E-state index contributed by atoms with van der Waals surface area (Å²) in [4.78, 5) is 28.5. The molecule has 0 bridgehead atoms. The minimum atomic E-state index is -0.138. The fraction of sp³-hybridized carbons (Fsp3) is 0.222. The van der Waals surface area contributed by atoms with Gasteiger partial charge in [-0.25, -0.2) is 0 Å². The van der Waals surface area contributed by atoms with E-state index < -0.39 is 0 Å². The van der Waals surface area contributed by atoms with Crippen LogP contribution in [0.4, 0.5) is 0 Å². The van der Waals surface area contributed by atoms with Gasteiger partial charge < -0.3 is 9.80 Å². The van der Waals surface area contributed by atoms with Gasteiger partial charge in [0.1, 0.15) is 0 Å². The average Bonchev–Trinajstić information content (AvgIpc) is 2.94. The normalized spacial score (nSPS) is 23.0. The molecule has 0 saturated carbocycles. The zero-order valence-corrected chi connectivity index (χ0v) is 12.5. The fourth-order valence-electron chi connectivity index (χ4n) is 3.71. The van der Waals surface area contributed by atoms with E-state index in [9.17, 15) is 9.59 Å². The highest BCUT2D eigenvalue weighted by atomic mass is 16.2. The second-order valence-corrected chi connectivity index (χ2v) is 5.90. The van der Waals surface area contributed by atoms with Crippen LogP contribution in [0.15, 0.2) is 48.5 Å². The van der Waals surface area contributed by atoms with Crippen molar-refractivity contribution in [3.05, 3.63) is 70.8 Å². The Hall–Kier alpha value is -2.62. The molecule has 0 fully saturated rings. The van der Waals surface area contributed by atoms with Crippen molar-refractivity contribution in [1.82, 2.24) is 9.80 Å². The van der Waals surface area contributed by atoms with Crippen molar-refractivity contribution < 1.29 is 9.59 Å². The van der Waals surface area contributed by atoms with Gasteiger partial charge in [0.2, 0.25) is 0 Å². The number of amides is 2. The zero-order chi connectivity index (χ0) is 15.4. The van der Waals surface area contributed by atoms with Crippen molar-refractivity contribution in [2.45, 2.75) is 12.1 Å². The lowest BCUT2D eigenvalue weighted by Crippen LogP contribution is -2.34. The predicted octanol–water partition coefficient (Wildman–Crippen LogP) is 2.64. The second-order valence-electron chi connectivity index (χ2n) is 5.90. The molecular weight excluding hydrogens is 276 g/mol. The van der Waals surface area contributed by atoms with Crippen LogP contribution in [0, 0.1) is 0 Å². The van der Waals surface area contributed by atoms with Crippen molar-refractivity contribution in [3.63, 3.8) is 0 Å². The van der Waals surface area contributed by atoms with E-state index in [4.69, 9.17) is 0 Å². The van der Waals surface area contributed by atoms with Gasteiger partial charge in [-0.1, -0.05) is 36.4 Å². The quantitative estimate of drug-likeness (QED) is 0.810. The van der Waals surface area contributed by atoms with Crippen molar-refractivity contribution in [1.29, 1.82) is 0 Å². The number of fused-ring (bicyclic) bond motifs is 2. The Morgan fingerprint density at radius 2 is 1.05 bits per heavy atom. The third-order valence-electron chi connectivity index (χ3n) is 4.79. The van der Waals surface area contributed by atoms with Gasteiger partial charge in [0.05, 0.1) is 12.1 Å². The van der Waals surface area contributed by atoms with E-state index >= 15 is 0 Å². The lowest BCUT2D eigenvalue weighted by atomic mass is 9.93. The molecule has 0 radical (unpaired) electrons. The number of likely N-dealkylation sites (N-methyl/N-ethyl adjacent to an activating group) is 2. The number of carbonyl (C=O) groups is 2. The molecule has 0 N–H and O–H groups in total. The van der Waals surface area contributed by atoms with Crippen molar-refractivity contribution in [2.24, 2.45) is 0 Å². The minimum Gasteiger partial charge on any atom is -0.332 e. The van der Waals surface area contributed by atoms with E-state index in [2.05, 4.69) is 0 Å². The first kappa shape index (κ1) is 13.1. The highest BCUT2D eigenvalue weighted by Crippen LogP contribution is 2.47. The first-order valence-corrected chi connectivity index (χ1v) is 7.33. The summed E-state index contributed by atoms with van der Waals surface area (Å²) in [6.07, 6.45) is 0. The van der Waals surface area contributed by atoms with Crippen LogP contribution in [-0.2, 0) is 0 Å². The third kappa shape index (κ3) is 1.52. The summed E-state index contributed by atoms with van der Waals surface area (Å²) >= 11 is 0. The minimum absolute atomic E-state index is 0.0193. The maximum absolute atomic E-state index is 12.5. The molecule has 110 valence electrons. The molecule has 0 aromatic heterocycles. The monoisotopic (exact) mass is 292 g/mol. The number of hydrogen-bond acceptors (Lipinski definition) is 2. The summed E-state index contributed by atoms with van der Waals surface area (Å²) in [5, 5.41) is 0. The van der Waals surface area contributed by atoms with Gasteiger partial charge in [-0.05, 0) is 23.3 Å². The smallest absolute Gasteiger partial charge is 0.254 e. The van der Waals surface area contributed by atoms with Crippen molar-refractivity contribution in [3.8, 4) is 0 Å². The zero-order valence-electron chi connectivity index (χ0n) is 12.5. The summed E-state index contributed by atoms with van der Waals surface area (Å²) in [7, 11) is 3.62. The Morgan fingerprint density at radius 3 is 1.45 bits per heavy atom. The number of benzene rings is 2. The fourth-order valence-corrected chi connectivity index (χ4v) is 3.71. The van der Waals surface area contributed by atoms with Crippen molar-refractivity contribution >= 4 is 11.8 Å². The Balaban J connectivity index is 1.90. The molecule has 2 aromatic carbocycles. The molecule has 2 aromatic rings. The molecule has 2 atom stereocenters. The van der Waals surface area contributed by atoms with E-state index in [1.165, 1.54) is 0 Å². The standard InChI is InChI=1S/C18H16N2O2/c1-19-15(11-7-3-5-9-13(11)17(19)21)16-12-8-4-6-10-14(12)18(22)20(16)2/h3-10,15-16H,1-2H3. The van der Waals surface area contributed by atoms with Crippen LogP contribution < -0.4 is 0 Å². The maximum atomic E-state index is 12.5. The molecule has 2 unspecified atom stereocenters. The van der Waals surface area contributed by atoms with Gasteiger partial charge in [-0.3, -0.25) is 9.59 Å². The Morgan fingerprint density at radius 1 is 0.682 bits per heavy atom. The molecule has 0 spiro atoms. The van der Waals surface area contributed by atoms with Crippen LogP contribution in [-0.4, -0.2) is 35.7 Å². The van der Waals surface area contributed by atoms with E-state index in [0.717, 1.165) is 22.3 Å². The van der Waals surface area contributed by atoms with Gasteiger partial charge in [0.25, 0.3) is 11.8 Å². The van der Waals surface area contributed by atoms with Crippen LogP contribution in [0.1, 0.15) is 43.9 Å². The molecule has 22 heavy (non-hydrogen) atoms. The Bertz CT molecular complexity index is 732. The molecule has 4 rings (SSSR count). The van der Waals surface area contributed by atoms with Gasteiger partial charge in [0.15, 0.2) is 0 Å². The first-order chi connectivity index (χ1) is 10.6. The molecular formula is C18H16N2O2. The summed E-state index contributed by atoms with van der Waals surface area (Å²) < 4.78 is 0. The number of rotatable bonds is 1. The van der Waals surface area contributed by atoms with Crippen LogP contribution >= 0.6 is 0 Å². The largest absolute Gasteiger partial charge is 0.332 e. The lowest BCUT2D eigenvalue weighted by Gasteiger charge is -2.32. The van der Waals surface area contributed by atoms with Gasteiger partial charge >= 0.3 is 0 Å². The van der Waals surface area contributed by atoms with Crippen LogP contribution in [0.3, 0.4) is 0 Å². The van der Waals surface area contributed by atoms with Crippen LogP contribution in [0.25, 0.3) is 0 Å². The van der Waals surface area contributed by atoms with Gasteiger partial charge in [0, 0.05) is 25.2 Å². The van der Waals surface area contributed by atoms with E-state index in [1.807, 2.05) is 62.6 Å². The SMILES string of the molecule is CN1C(=O)c2ccccc2C1C1c2ccccc2C(=O)N1C. The first-order valence-electron chi connectivity index (χ1n) is 7.33. The van der Waals surface area contributed by atoms with Gasteiger partial charge in [-0.2, -0.15) is 0 Å². The van der Waals surface area contributed by atoms with Crippen LogP contribution in [0.5, 0.6) is 0 Å². The molecule has 2 amide bonds. The topological polar surface area (TPSA) is 40.6 Å². The van der Waals surface area contributed by atoms with E-state index in [1.54, 1.807) is 9.80 Å². The molecule has 2 heterocycles. The molecule has 4 heteroatoms. The predicted molar refractivity (Wildman–Crippen MR) is 82.6 cm³/mol. The summed E-state index contributed by atoms with van der Waals surface area (Å²) in [5.74, 6) is 0.0386. The number of nitrogens with zero attached hydrogens (tertiary/aromatic N) is 2. The summed E-state index contributed by atoms with van der Waals surface area (Å²) in [6.45, 7) is 0. The molecule has 2 aliphatic heterocycles. The molecule has 0 saturated heterocycles. The lowest BCUT2D eigenvalue weighted by molar-refractivity contribution is 0.0596.